The Balaban J connectivity index is 1.83. The van der Waals surface area contributed by atoms with Crippen LogP contribution in [0.1, 0.15) is 32.9 Å². The predicted molar refractivity (Wildman–Crippen MR) is 73.7 cm³/mol. The quantitative estimate of drug-likeness (QED) is 0.768. The minimum absolute atomic E-state index is 0.0313. The molecule has 20 heavy (non-hydrogen) atoms. The number of hydrogen-bond acceptors (Lipinski definition) is 5. The molecule has 0 spiro atoms. The molecule has 0 saturated heterocycles. The second kappa shape index (κ2) is 5.88. The van der Waals surface area contributed by atoms with E-state index in [1.165, 1.54) is 4.68 Å². The van der Waals surface area contributed by atoms with Crippen molar-refractivity contribution < 1.29 is 9.53 Å². The zero-order valence-electron chi connectivity index (χ0n) is 12.3. The lowest BCUT2D eigenvalue weighted by atomic mass is 9.64. The molecule has 7 heteroatoms. The third-order valence-electron chi connectivity index (χ3n) is 3.98. The first-order valence-corrected chi connectivity index (χ1v) is 6.97. The van der Waals surface area contributed by atoms with E-state index in [-0.39, 0.29) is 30.0 Å². The molecule has 1 aromatic heterocycles. The second-order valence-electron chi connectivity index (χ2n) is 5.73. The summed E-state index contributed by atoms with van der Waals surface area (Å²) in [4.78, 5) is 12.0. The zero-order valence-corrected chi connectivity index (χ0v) is 12.3. The number of carbonyl (C=O) groups excluding carboxylic acids is 1. The van der Waals surface area contributed by atoms with Gasteiger partial charge in [0.15, 0.2) is 0 Å². The van der Waals surface area contributed by atoms with Gasteiger partial charge in [-0.1, -0.05) is 19.1 Å². The maximum atomic E-state index is 12.0. The van der Waals surface area contributed by atoms with Crippen molar-refractivity contribution in [3.63, 3.8) is 0 Å². The lowest BCUT2D eigenvalue weighted by molar-refractivity contribution is -0.137. The molecular weight excluding hydrogens is 258 g/mol. The van der Waals surface area contributed by atoms with Crippen LogP contribution in [-0.4, -0.2) is 39.7 Å². The lowest BCUT2D eigenvalue weighted by Gasteiger charge is -2.51. The first-order chi connectivity index (χ1) is 9.47. The third kappa shape index (κ3) is 2.99. The number of nitrogens with zero attached hydrogens (tertiary/aromatic N) is 3. The fourth-order valence-electron chi connectivity index (χ4n) is 2.51. The first kappa shape index (κ1) is 14.9. The van der Waals surface area contributed by atoms with Crippen LogP contribution in [0.4, 0.5) is 0 Å². The van der Waals surface area contributed by atoms with Crippen LogP contribution in [-0.2, 0) is 22.6 Å². The summed E-state index contributed by atoms with van der Waals surface area (Å²) in [5.74, 6) is -0.0634. The monoisotopic (exact) mass is 281 g/mol. The summed E-state index contributed by atoms with van der Waals surface area (Å²) >= 11 is 0. The Morgan fingerprint density at radius 3 is 2.95 bits per heavy atom. The van der Waals surface area contributed by atoms with Gasteiger partial charge in [-0.3, -0.25) is 4.79 Å². The van der Waals surface area contributed by atoms with Crippen LogP contribution in [0.3, 0.4) is 0 Å². The van der Waals surface area contributed by atoms with E-state index in [0.717, 1.165) is 6.42 Å². The zero-order chi connectivity index (χ0) is 14.8. The lowest BCUT2D eigenvalue weighted by Crippen LogP contribution is -2.62. The molecule has 1 aromatic rings. The van der Waals surface area contributed by atoms with Gasteiger partial charge in [0.25, 0.3) is 0 Å². The van der Waals surface area contributed by atoms with Gasteiger partial charge in [0.1, 0.15) is 6.54 Å². The SMILES string of the molecule is CCOC1CC(NC(=O)Cn2cc(CN)nn2)C1(C)C. The third-order valence-corrected chi connectivity index (χ3v) is 3.98. The Morgan fingerprint density at radius 1 is 1.65 bits per heavy atom. The Bertz CT molecular complexity index is 471. The average molecular weight is 281 g/mol. The van der Waals surface area contributed by atoms with Crippen LogP contribution in [0, 0.1) is 5.41 Å². The van der Waals surface area contributed by atoms with Gasteiger partial charge in [-0.25, -0.2) is 4.68 Å². The largest absolute Gasteiger partial charge is 0.378 e. The fraction of sp³-hybridized carbons (Fsp3) is 0.769. The molecule has 2 unspecified atom stereocenters. The Kier molecular flexibility index (Phi) is 4.39. The van der Waals surface area contributed by atoms with Crippen molar-refractivity contribution in [3.05, 3.63) is 11.9 Å². The molecule has 0 aliphatic heterocycles. The summed E-state index contributed by atoms with van der Waals surface area (Å²) in [7, 11) is 0. The summed E-state index contributed by atoms with van der Waals surface area (Å²) in [5, 5.41) is 10.7. The van der Waals surface area contributed by atoms with Crippen LogP contribution < -0.4 is 11.1 Å². The Morgan fingerprint density at radius 2 is 2.40 bits per heavy atom. The summed E-state index contributed by atoms with van der Waals surface area (Å²) < 4.78 is 7.15. The molecule has 1 amide bonds. The molecular formula is C13H23N5O2. The molecule has 0 aromatic carbocycles. The molecule has 1 aliphatic carbocycles. The molecule has 3 N–H and O–H groups in total. The number of ether oxygens (including phenoxy) is 1. The van der Waals surface area contributed by atoms with Gasteiger partial charge in [0.05, 0.1) is 18.0 Å². The number of nitrogens with two attached hydrogens (primary N) is 1. The van der Waals surface area contributed by atoms with Crippen molar-refractivity contribution in [2.45, 2.75) is 52.4 Å². The predicted octanol–water partition coefficient (Wildman–Crippen LogP) is 0.0566. The number of aromatic nitrogens is 3. The van der Waals surface area contributed by atoms with E-state index < -0.39 is 0 Å². The maximum Gasteiger partial charge on any atom is 0.242 e. The summed E-state index contributed by atoms with van der Waals surface area (Å²) in [5.41, 5.74) is 6.10. The normalized spacial score (nSPS) is 24.2. The van der Waals surface area contributed by atoms with Gasteiger partial charge >= 0.3 is 0 Å². The molecule has 112 valence electrons. The van der Waals surface area contributed by atoms with Crippen molar-refractivity contribution in [2.24, 2.45) is 11.1 Å². The van der Waals surface area contributed by atoms with Crippen LogP contribution in [0.5, 0.6) is 0 Å². The number of nitrogens with one attached hydrogen (secondary N) is 1. The number of rotatable bonds is 6. The molecule has 2 atom stereocenters. The number of hydrogen-bond donors (Lipinski definition) is 2. The van der Waals surface area contributed by atoms with Crippen molar-refractivity contribution in [1.82, 2.24) is 20.3 Å². The average Bonchev–Trinajstić information content (AvgIpc) is 2.85. The highest BCUT2D eigenvalue weighted by Gasteiger charge is 2.49. The van der Waals surface area contributed by atoms with E-state index in [2.05, 4.69) is 29.5 Å². The van der Waals surface area contributed by atoms with E-state index in [1.807, 2.05) is 6.92 Å². The van der Waals surface area contributed by atoms with Gasteiger partial charge in [0.2, 0.25) is 5.91 Å². The van der Waals surface area contributed by atoms with Crippen LogP contribution in [0.15, 0.2) is 6.20 Å². The molecule has 1 fully saturated rings. The second-order valence-corrected chi connectivity index (χ2v) is 5.73. The topological polar surface area (TPSA) is 95.1 Å². The van der Waals surface area contributed by atoms with Crippen LogP contribution in [0.25, 0.3) is 0 Å². The highest BCUT2D eigenvalue weighted by molar-refractivity contribution is 5.76. The molecule has 7 nitrogen and oxygen atoms in total. The summed E-state index contributed by atoms with van der Waals surface area (Å²) in [6, 6.07) is 0.143. The summed E-state index contributed by atoms with van der Waals surface area (Å²) in [6.45, 7) is 7.41. The minimum atomic E-state index is -0.0634. The fourth-order valence-corrected chi connectivity index (χ4v) is 2.51. The Labute approximate surface area is 118 Å². The maximum absolute atomic E-state index is 12.0. The minimum Gasteiger partial charge on any atom is -0.378 e. The van der Waals surface area contributed by atoms with E-state index in [9.17, 15) is 4.79 Å². The van der Waals surface area contributed by atoms with Crippen molar-refractivity contribution in [3.8, 4) is 0 Å². The molecule has 2 rings (SSSR count). The molecule has 1 saturated carbocycles. The molecule has 0 radical (unpaired) electrons. The highest BCUT2D eigenvalue weighted by atomic mass is 16.5. The van der Waals surface area contributed by atoms with Gasteiger partial charge in [-0.2, -0.15) is 0 Å². The van der Waals surface area contributed by atoms with Crippen molar-refractivity contribution in [1.29, 1.82) is 0 Å². The number of amides is 1. The summed E-state index contributed by atoms with van der Waals surface area (Å²) in [6.07, 6.45) is 2.76. The van der Waals surface area contributed by atoms with Crippen LogP contribution in [0.2, 0.25) is 0 Å². The molecule has 1 aliphatic rings. The van der Waals surface area contributed by atoms with Gasteiger partial charge in [-0.05, 0) is 13.3 Å². The molecule has 0 bridgehead atoms. The molecule has 1 heterocycles. The van der Waals surface area contributed by atoms with Crippen molar-refractivity contribution in [2.75, 3.05) is 6.61 Å². The van der Waals surface area contributed by atoms with E-state index in [4.69, 9.17) is 10.5 Å². The van der Waals surface area contributed by atoms with Gasteiger partial charge in [0, 0.05) is 24.6 Å². The first-order valence-electron chi connectivity index (χ1n) is 6.97. The highest BCUT2D eigenvalue weighted by Crippen LogP contribution is 2.42. The van der Waals surface area contributed by atoms with Gasteiger partial charge < -0.3 is 15.8 Å². The van der Waals surface area contributed by atoms with Crippen LogP contribution >= 0.6 is 0 Å². The van der Waals surface area contributed by atoms with E-state index >= 15 is 0 Å². The smallest absolute Gasteiger partial charge is 0.242 e. The number of carbonyl (C=O) groups is 1. The Hall–Kier alpha value is -1.47. The van der Waals surface area contributed by atoms with Crippen molar-refractivity contribution >= 4 is 5.91 Å². The van der Waals surface area contributed by atoms with E-state index in [1.54, 1.807) is 6.20 Å². The standard InChI is InChI=1S/C13H23N5O2/c1-4-20-11-5-10(13(11,2)3)15-12(19)8-18-7-9(6-14)16-17-18/h7,10-11H,4-6,8,14H2,1-3H3,(H,15,19). The van der Waals surface area contributed by atoms with Gasteiger partial charge in [-0.15, -0.1) is 5.10 Å². The van der Waals surface area contributed by atoms with E-state index in [0.29, 0.717) is 18.8 Å².